The Kier molecular flexibility index (Phi) is 6.49. The van der Waals surface area contributed by atoms with E-state index in [2.05, 4.69) is 49.5 Å². The number of benzene rings is 1. The third kappa shape index (κ3) is 5.88. The number of hydrogen-bond acceptors (Lipinski definition) is 2. The monoisotopic (exact) mass is 395 g/mol. The van der Waals surface area contributed by atoms with E-state index in [4.69, 9.17) is 19.2 Å². The molecule has 0 radical (unpaired) electrons. The Bertz CT molecular complexity index is 616. The second kappa shape index (κ2) is 8.34. The summed E-state index contributed by atoms with van der Waals surface area (Å²) in [6.45, 7) is 4.85. The molecule has 2 unspecified atom stereocenters. The van der Waals surface area contributed by atoms with E-state index in [0.29, 0.717) is 17.5 Å². The molecule has 0 saturated heterocycles. The van der Waals surface area contributed by atoms with Crippen LogP contribution in [0, 0.1) is 23.2 Å². The molecule has 6 heteroatoms. The largest absolute Gasteiger partial charge is 0.466 e. The van der Waals surface area contributed by atoms with Crippen LogP contribution in [0.5, 0.6) is 0 Å². The molecule has 4 aliphatic rings. The number of hydrogen-bond donors (Lipinski definition) is 4. The van der Waals surface area contributed by atoms with E-state index >= 15 is 0 Å². The van der Waals surface area contributed by atoms with E-state index in [9.17, 15) is 0 Å². The van der Waals surface area contributed by atoms with Gasteiger partial charge < -0.3 is 20.0 Å². The van der Waals surface area contributed by atoms with Crippen molar-refractivity contribution >= 4 is 7.82 Å². The summed E-state index contributed by atoms with van der Waals surface area (Å²) in [4.78, 5) is 21.6. The Morgan fingerprint density at radius 3 is 1.89 bits per heavy atom. The SMILES string of the molecule is CC(Cc1ccccc1)NC(C)C12CC3CC(CC(C3)C1)C2.O=P(O)(O)O. The topological polar surface area (TPSA) is 89.8 Å². The smallest absolute Gasteiger partial charge is 0.311 e. The maximum atomic E-state index is 8.88. The van der Waals surface area contributed by atoms with Crippen LogP contribution in [0.4, 0.5) is 0 Å². The van der Waals surface area contributed by atoms with E-state index in [0.717, 1.165) is 24.2 Å². The van der Waals surface area contributed by atoms with Gasteiger partial charge in [-0.1, -0.05) is 30.3 Å². The molecule has 152 valence electrons. The van der Waals surface area contributed by atoms with E-state index < -0.39 is 7.82 Å². The molecular weight excluding hydrogens is 361 g/mol. The van der Waals surface area contributed by atoms with Gasteiger partial charge in [0.1, 0.15) is 0 Å². The first kappa shape index (κ1) is 21.0. The maximum Gasteiger partial charge on any atom is 0.466 e. The fourth-order valence-electron chi connectivity index (χ4n) is 6.34. The van der Waals surface area contributed by atoms with Crippen LogP contribution in [0.3, 0.4) is 0 Å². The lowest BCUT2D eigenvalue weighted by atomic mass is 9.48. The molecule has 0 aliphatic heterocycles. The fourth-order valence-corrected chi connectivity index (χ4v) is 6.34. The molecule has 1 aromatic rings. The van der Waals surface area contributed by atoms with Crippen molar-refractivity contribution in [2.75, 3.05) is 0 Å². The second-order valence-electron chi connectivity index (χ2n) is 9.27. The van der Waals surface area contributed by atoms with E-state index in [1.807, 2.05) is 0 Å². The predicted molar refractivity (Wildman–Crippen MR) is 107 cm³/mol. The summed E-state index contributed by atoms with van der Waals surface area (Å²) in [6.07, 6.45) is 10.3. The molecule has 5 rings (SSSR count). The predicted octanol–water partition coefficient (Wildman–Crippen LogP) is 3.88. The summed E-state index contributed by atoms with van der Waals surface area (Å²) < 4.78 is 8.88. The van der Waals surface area contributed by atoms with Gasteiger partial charge in [0.25, 0.3) is 0 Å². The fraction of sp³-hybridized carbons (Fsp3) is 0.714. The Morgan fingerprint density at radius 1 is 1.00 bits per heavy atom. The molecule has 0 heterocycles. The van der Waals surface area contributed by atoms with Crippen LogP contribution in [0.2, 0.25) is 0 Å². The Balaban J connectivity index is 0.000000376. The van der Waals surface area contributed by atoms with Crippen molar-refractivity contribution in [1.82, 2.24) is 5.32 Å². The van der Waals surface area contributed by atoms with Crippen molar-refractivity contribution in [3.05, 3.63) is 35.9 Å². The number of nitrogens with one attached hydrogen (secondary N) is 1. The molecule has 4 aliphatic carbocycles. The molecule has 4 N–H and O–H groups in total. The molecule has 2 atom stereocenters. The van der Waals surface area contributed by atoms with E-state index in [-0.39, 0.29) is 0 Å². The first-order valence-corrected chi connectivity index (χ1v) is 11.8. The standard InChI is InChI=1S/C21H31N.H3O4P/c1-15(8-17-6-4-3-5-7-17)22-16(2)21-12-18-9-19(13-21)11-20(10-18)14-21;1-5(2,3)4/h3-7,15-16,18-20,22H,8-14H2,1-2H3;(H3,1,2,3,4). The molecule has 0 spiro atoms. The third-order valence-electron chi connectivity index (χ3n) is 6.92. The normalized spacial score (nSPS) is 33.9. The number of phosphoric acid groups is 1. The van der Waals surface area contributed by atoms with Gasteiger partial charge in [0.2, 0.25) is 0 Å². The van der Waals surface area contributed by atoms with Crippen molar-refractivity contribution < 1.29 is 19.2 Å². The quantitative estimate of drug-likeness (QED) is 0.568. The highest BCUT2D eigenvalue weighted by molar-refractivity contribution is 7.45. The van der Waals surface area contributed by atoms with Gasteiger partial charge in [0, 0.05) is 12.1 Å². The summed E-state index contributed by atoms with van der Waals surface area (Å²) in [5, 5.41) is 3.99. The minimum absolute atomic E-state index is 0.574. The second-order valence-corrected chi connectivity index (χ2v) is 10.3. The van der Waals surface area contributed by atoms with Crippen LogP contribution in [-0.4, -0.2) is 26.8 Å². The van der Waals surface area contributed by atoms with Crippen molar-refractivity contribution in [2.45, 2.75) is 70.9 Å². The molecular formula is C21H34NO4P. The average molecular weight is 395 g/mol. The zero-order chi connectivity index (χ0) is 19.7. The van der Waals surface area contributed by atoms with Gasteiger partial charge >= 0.3 is 7.82 Å². The van der Waals surface area contributed by atoms with Crippen LogP contribution < -0.4 is 5.32 Å². The lowest BCUT2D eigenvalue weighted by molar-refractivity contribution is -0.0718. The van der Waals surface area contributed by atoms with Crippen molar-refractivity contribution in [2.24, 2.45) is 23.2 Å². The van der Waals surface area contributed by atoms with Crippen LogP contribution in [-0.2, 0) is 11.0 Å². The summed E-state index contributed by atoms with van der Waals surface area (Å²) in [6, 6.07) is 12.2. The van der Waals surface area contributed by atoms with Gasteiger partial charge in [-0.15, -0.1) is 0 Å². The number of rotatable bonds is 5. The van der Waals surface area contributed by atoms with Gasteiger partial charge in [-0.2, -0.15) is 0 Å². The molecule has 4 fully saturated rings. The summed E-state index contributed by atoms with van der Waals surface area (Å²) in [7, 11) is -4.64. The highest BCUT2D eigenvalue weighted by atomic mass is 31.2. The first-order valence-electron chi connectivity index (χ1n) is 10.2. The van der Waals surface area contributed by atoms with Crippen molar-refractivity contribution in [3.63, 3.8) is 0 Å². The minimum Gasteiger partial charge on any atom is -0.311 e. The molecule has 1 aromatic carbocycles. The molecule has 27 heavy (non-hydrogen) atoms. The van der Waals surface area contributed by atoms with Gasteiger partial charge in [0.05, 0.1) is 0 Å². The highest BCUT2D eigenvalue weighted by Crippen LogP contribution is 2.61. The summed E-state index contributed by atoms with van der Waals surface area (Å²) in [5.41, 5.74) is 2.08. The Labute approximate surface area is 162 Å². The minimum atomic E-state index is -4.64. The summed E-state index contributed by atoms with van der Waals surface area (Å²) in [5.74, 6) is 3.17. The van der Waals surface area contributed by atoms with Crippen molar-refractivity contribution in [1.29, 1.82) is 0 Å². The highest BCUT2D eigenvalue weighted by Gasteiger charge is 2.53. The average Bonchev–Trinajstić information content (AvgIpc) is 2.52. The first-order chi connectivity index (χ1) is 12.6. The molecule has 4 bridgehead atoms. The van der Waals surface area contributed by atoms with Gasteiger partial charge in [-0.25, -0.2) is 4.57 Å². The van der Waals surface area contributed by atoms with Gasteiger partial charge in [0.15, 0.2) is 0 Å². The third-order valence-corrected chi connectivity index (χ3v) is 6.92. The zero-order valence-electron chi connectivity index (χ0n) is 16.4. The molecule has 4 saturated carbocycles. The van der Waals surface area contributed by atoms with Crippen LogP contribution in [0.25, 0.3) is 0 Å². The zero-order valence-corrected chi connectivity index (χ0v) is 17.3. The van der Waals surface area contributed by atoms with E-state index in [1.165, 1.54) is 24.8 Å². The van der Waals surface area contributed by atoms with Gasteiger partial charge in [-0.05, 0) is 87.5 Å². The molecule has 0 aromatic heterocycles. The van der Waals surface area contributed by atoms with Crippen LogP contribution >= 0.6 is 7.82 Å². The van der Waals surface area contributed by atoms with E-state index in [1.54, 1.807) is 19.3 Å². The molecule has 0 amide bonds. The van der Waals surface area contributed by atoms with Crippen molar-refractivity contribution in [3.8, 4) is 0 Å². The summed E-state index contributed by atoms with van der Waals surface area (Å²) >= 11 is 0. The lowest BCUT2D eigenvalue weighted by Crippen LogP contribution is -2.56. The van der Waals surface area contributed by atoms with Crippen LogP contribution in [0.1, 0.15) is 57.9 Å². The maximum absolute atomic E-state index is 8.88. The van der Waals surface area contributed by atoms with Gasteiger partial charge in [-0.3, -0.25) is 0 Å². The van der Waals surface area contributed by atoms with Crippen LogP contribution in [0.15, 0.2) is 30.3 Å². The Morgan fingerprint density at radius 2 is 1.44 bits per heavy atom. The lowest BCUT2D eigenvalue weighted by Gasteiger charge is -2.59. The Hall–Kier alpha value is -0.710. The molecule has 5 nitrogen and oxygen atoms in total.